The zero-order valence-corrected chi connectivity index (χ0v) is 11.1. The van der Waals surface area contributed by atoms with Crippen LogP contribution in [-0.2, 0) is 11.2 Å². The standard InChI is InChI=1S/C14H22N2O/c1-10-5-6-12(7-11(10)2)8-13(17)16-14(3,4)9-15/h5-7H,8-9,15H2,1-4H3,(H,16,17). The minimum absolute atomic E-state index is 0.0173. The number of aryl methyl sites for hydroxylation is 2. The number of rotatable bonds is 4. The highest BCUT2D eigenvalue weighted by Gasteiger charge is 2.18. The van der Waals surface area contributed by atoms with Gasteiger partial charge in [0.05, 0.1) is 6.42 Å². The SMILES string of the molecule is Cc1ccc(CC(=O)NC(C)(C)CN)cc1C. The zero-order valence-electron chi connectivity index (χ0n) is 11.1. The molecule has 0 saturated heterocycles. The van der Waals surface area contributed by atoms with E-state index in [1.54, 1.807) is 0 Å². The summed E-state index contributed by atoms with van der Waals surface area (Å²) in [5, 5.41) is 2.92. The number of amides is 1. The van der Waals surface area contributed by atoms with Gasteiger partial charge in [-0.25, -0.2) is 0 Å². The molecular formula is C14H22N2O. The molecule has 1 amide bonds. The minimum Gasteiger partial charge on any atom is -0.350 e. The van der Waals surface area contributed by atoms with Crippen molar-refractivity contribution in [2.75, 3.05) is 6.54 Å². The first-order chi connectivity index (χ1) is 7.84. The van der Waals surface area contributed by atoms with Crippen LogP contribution >= 0.6 is 0 Å². The summed E-state index contributed by atoms with van der Waals surface area (Å²) in [5.41, 5.74) is 8.74. The first-order valence-electron chi connectivity index (χ1n) is 5.91. The second-order valence-corrected chi connectivity index (χ2v) is 5.23. The van der Waals surface area contributed by atoms with Crippen molar-refractivity contribution in [1.29, 1.82) is 0 Å². The third kappa shape index (κ3) is 4.19. The van der Waals surface area contributed by atoms with Crippen LogP contribution in [0.25, 0.3) is 0 Å². The van der Waals surface area contributed by atoms with Crippen molar-refractivity contribution in [1.82, 2.24) is 5.32 Å². The molecule has 0 bridgehead atoms. The lowest BCUT2D eigenvalue weighted by Crippen LogP contribution is -2.49. The van der Waals surface area contributed by atoms with Gasteiger partial charge >= 0.3 is 0 Å². The number of nitrogens with two attached hydrogens (primary N) is 1. The minimum atomic E-state index is -0.336. The quantitative estimate of drug-likeness (QED) is 0.833. The number of hydrogen-bond acceptors (Lipinski definition) is 2. The maximum atomic E-state index is 11.8. The molecule has 0 heterocycles. The average molecular weight is 234 g/mol. The molecule has 3 heteroatoms. The van der Waals surface area contributed by atoms with Crippen molar-refractivity contribution in [3.8, 4) is 0 Å². The first-order valence-corrected chi connectivity index (χ1v) is 5.91. The number of nitrogens with one attached hydrogen (secondary N) is 1. The molecule has 0 aliphatic rings. The molecule has 0 fully saturated rings. The monoisotopic (exact) mass is 234 g/mol. The van der Waals surface area contributed by atoms with Gasteiger partial charge in [0.15, 0.2) is 0 Å². The molecule has 0 aliphatic carbocycles. The number of benzene rings is 1. The van der Waals surface area contributed by atoms with E-state index in [0.29, 0.717) is 13.0 Å². The number of carbonyl (C=O) groups excluding carboxylic acids is 1. The van der Waals surface area contributed by atoms with Crippen molar-refractivity contribution < 1.29 is 4.79 Å². The van der Waals surface area contributed by atoms with Crippen LogP contribution in [0.15, 0.2) is 18.2 Å². The highest BCUT2D eigenvalue weighted by molar-refractivity contribution is 5.79. The Morgan fingerprint density at radius 2 is 1.94 bits per heavy atom. The molecule has 1 aromatic carbocycles. The normalized spacial score (nSPS) is 11.4. The highest BCUT2D eigenvalue weighted by Crippen LogP contribution is 2.10. The van der Waals surface area contributed by atoms with E-state index in [-0.39, 0.29) is 11.4 Å². The molecule has 3 N–H and O–H groups in total. The van der Waals surface area contributed by atoms with Crippen LogP contribution < -0.4 is 11.1 Å². The van der Waals surface area contributed by atoms with E-state index in [2.05, 4.69) is 25.2 Å². The van der Waals surface area contributed by atoms with Crippen LogP contribution in [0.5, 0.6) is 0 Å². The van der Waals surface area contributed by atoms with Gasteiger partial charge in [0.1, 0.15) is 0 Å². The van der Waals surface area contributed by atoms with Crippen LogP contribution in [-0.4, -0.2) is 18.0 Å². The van der Waals surface area contributed by atoms with Crippen LogP contribution in [0.4, 0.5) is 0 Å². The van der Waals surface area contributed by atoms with Crippen LogP contribution in [0.1, 0.15) is 30.5 Å². The van der Waals surface area contributed by atoms with Gasteiger partial charge in [0, 0.05) is 12.1 Å². The lowest BCUT2D eigenvalue weighted by atomic mass is 10.0. The van der Waals surface area contributed by atoms with E-state index in [4.69, 9.17) is 5.73 Å². The topological polar surface area (TPSA) is 55.1 Å². The molecular weight excluding hydrogens is 212 g/mol. The molecule has 1 aromatic rings. The van der Waals surface area contributed by atoms with E-state index in [1.807, 2.05) is 26.0 Å². The molecule has 0 aromatic heterocycles. The molecule has 94 valence electrons. The van der Waals surface area contributed by atoms with E-state index in [1.165, 1.54) is 11.1 Å². The Bertz CT molecular complexity index is 411. The Labute approximate surface area is 103 Å². The number of carbonyl (C=O) groups is 1. The van der Waals surface area contributed by atoms with Gasteiger partial charge in [0.2, 0.25) is 5.91 Å². The lowest BCUT2D eigenvalue weighted by molar-refractivity contribution is -0.121. The van der Waals surface area contributed by atoms with Gasteiger partial charge in [-0.1, -0.05) is 18.2 Å². The van der Waals surface area contributed by atoms with Crippen LogP contribution in [0, 0.1) is 13.8 Å². The van der Waals surface area contributed by atoms with E-state index < -0.39 is 0 Å². The van der Waals surface area contributed by atoms with Crippen molar-refractivity contribution in [3.05, 3.63) is 34.9 Å². The van der Waals surface area contributed by atoms with E-state index in [9.17, 15) is 4.79 Å². The van der Waals surface area contributed by atoms with Crippen LogP contribution in [0.2, 0.25) is 0 Å². The van der Waals surface area contributed by atoms with Gasteiger partial charge < -0.3 is 11.1 Å². The highest BCUT2D eigenvalue weighted by atomic mass is 16.1. The van der Waals surface area contributed by atoms with Crippen molar-refractivity contribution in [2.45, 2.75) is 39.7 Å². The Hall–Kier alpha value is -1.35. The molecule has 3 nitrogen and oxygen atoms in total. The predicted octanol–water partition coefficient (Wildman–Crippen LogP) is 1.70. The third-order valence-corrected chi connectivity index (χ3v) is 2.92. The summed E-state index contributed by atoms with van der Waals surface area (Å²) in [6.07, 6.45) is 0.407. The van der Waals surface area contributed by atoms with Crippen molar-refractivity contribution >= 4 is 5.91 Å². The summed E-state index contributed by atoms with van der Waals surface area (Å²) < 4.78 is 0. The fourth-order valence-electron chi connectivity index (χ4n) is 1.57. The lowest BCUT2D eigenvalue weighted by Gasteiger charge is -2.24. The van der Waals surface area contributed by atoms with Crippen molar-refractivity contribution in [3.63, 3.8) is 0 Å². The molecule has 0 aliphatic heterocycles. The molecule has 0 atom stereocenters. The maximum Gasteiger partial charge on any atom is 0.224 e. The third-order valence-electron chi connectivity index (χ3n) is 2.92. The summed E-state index contributed by atoms with van der Waals surface area (Å²) in [6.45, 7) is 8.40. The van der Waals surface area contributed by atoms with Crippen LogP contribution in [0.3, 0.4) is 0 Å². The number of hydrogen-bond donors (Lipinski definition) is 2. The van der Waals surface area contributed by atoms with Gasteiger partial charge in [-0.3, -0.25) is 4.79 Å². The molecule has 0 unspecified atom stereocenters. The Balaban J connectivity index is 2.65. The van der Waals surface area contributed by atoms with Gasteiger partial charge in [-0.2, -0.15) is 0 Å². The zero-order chi connectivity index (χ0) is 13.1. The Kier molecular flexibility index (Phi) is 4.29. The summed E-state index contributed by atoms with van der Waals surface area (Å²) in [7, 11) is 0. The summed E-state index contributed by atoms with van der Waals surface area (Å²) in [4.78, 5) is 11.8. The van der Waals surface area contributed by atoms with Gasteiger partial charge in [-0.15, -0.1) is 0 Å². The second kappa shape index (κ2) is 5.32. The molecule has 0 radical (unpaired) electrons. The fourth-order valence-corrected chi connectivity index (χ4v) is 1.57. The molecule has 0 saturated carbocycles. The summed E-state index contributed by atoms with van der Waals surface area (Å²) in [5.74, 6) is 0.0173. The van der Waals surface area contributed by atoms with E-state index in [0.717, 1.165) is 5.56 Å². The Morgan fingerprint density at radius 3 is 2.47 bits per heavy atom. The Morgan fingerprint density at radius 1 is 1.29 bits per heavy atom. The van der Waals surface area contributed by atoms with Crippen molar-refractivity contribution in [2.24, 2.45) is 5.73 Å². The van der Waals surface area contributed by atoms with E-state index >= 15 is 0 Å². The summed E-state index contributed by atoms with van der Waals surface area (Å²) in [6, 6.07) is 6.10. The predicted molar refractivity (Wildman–Crippen MR) is 70.9 cm³/mol. The maximum absolute atomic E-state index is 11.8. The van der Waals surface area contributed by atoms with Gasteiger partial charge in [-0.05, 0) is 44.4 Å². The van der Waals surface area contributed by atoms with Gasteiger partial charge in [0.25, 0.3) is 0 Å². The first kappa shape index (κ1) is 13.7. The average Bonchev–Trinajstić information content (AvgIpc) is 2.23. The second-order valence-electron chi connectivity index (χ2n) is 5.23. The molecule has 1 rings (SSSR count). The molecule has 0 spiro atoms. The fraction of sp³-hybridized carbons (Fsp3) is 0.500. The largest absolute Gasteiger partial charge is 0.350 e. The molecule has 17 heavy (non-hydrogen) atoms. The smallest absolute Gasteiger partial charge is 0.224 e. The summed E-state index contributed by atoms with van der Waals surface area (Å²) >= 11 is 0.